The van der Waals surface area contributed by atoms with Crippen LogP contribution < -0.4 is 4.90 Å². The van der Waals surface area contributed by atoms with Crippen LogP contribution in [0.4, 0.5) is 11.4 Å². The highest BCUT2D eigenvalue weighted by Crippen LogP contribution is 2.31. The van der Waals surface area contributed by atoms with Gasteiger partial charge < -0.3 is 4.90 Å². The molecular weight excluding hydrogens is 292 g/mol. The fourth-order valence-electron chi connectivity index (χ4n) is 1.74. The average Bonchev–Trinajstić information content (AvgIpc) is 2.40. The van der Waals surface area contributed by atoms with Gasteiger partial charge in [0.05, 0.1) is 9.82 Å². The summed E-state index contributed by atoms with van der Waals surface area (Å²) >= 11 is 5.35. The first-order chi connectivity index (χ1) is 8.87. The zero-order valence-corrected chi connectivity index (χ0v) is 12.2. The molecule has 0 saturated heterocycles. The van der Waals surface area contributed by atoms with Gasteiger partial charge in [0.15, 0.2) is 9.84 Å². The molecule has 0 radical (unpaired) electrons. The number of alkyl halides is 1. The molecule has 19 heavy (non-hydrogen) atoms. The molecule has 1 rings (SSSR count). The Bertz CT molecular complexity index is 570. The Morgan fingerprint density at radius 1 is 1.32 bits per heavy atom. The summed E-state index contributed by atoms with van der Waals surface area (Å²) in [4.78, 5) is 12.1. The summed E-state index contributed by atoms with van der Waals surface area (Å²) < 4.78 is 23.3. The van der Waals surface area contributed by atoms with Gasteiger partial charge in [-0.2, -0.15) is 0 Å². The van der Waals surface area contributed by atoms with Gasteiger partial charge >= 0.3 is 0 Å². The lowest BCUT2D eigenvalue weighted by Crippen LogP contribution is -2.23. The van der Waals surface area contributed by atoms with Gasteiger partial charge in [-0.25, -0.2) is 8.42 Å². The Morgan fingerprint density at radius 2 is 1.89 bits per heavy atom. The molecule has 0 heterocycles. The molecule has 0 saturated carbocycles. The molecule has 0 fully saturated rings. The zero-order valence-electron chi connectivity index (χ0n) is 10.7. The maximum atomic E-state index is 11.6. The van der Waals surface area contributed by atoms with Crippen molar-refractivity contribution in [2.45, 2.75) is 18.7 Å². The lowest BCUT2D eigenvalue weighted by Gasteiger charge is -2.20. The number of hydrogen-bond acceptors (Lipinski definition) is 5. The number of anilines is 1. The molecule has 0 N–H and O–H groups in total. The molecule has 6 nitrogen and oxygen atoms in total. The molecule has 0 aliphatic rings. The second kappa shape index (κ2) is 6.21. The normalized spacial score (nSPS) is 11.3. The molecule has 0 unspecified atom stereocenters. The third-order valence-corrected chi connectivity index (χ3v) is 4.87. The second-order valence-electron chi connectivity index (χ2n) is 3.80. The van der Waals surface area contributed by atoms with Gasteiger partial charge in [-0.05, 0) is 26.0 Å². The van der Waals surface area contributed by atoms with E-state index in [0.29, 0.717) is 18.8 Å². The maximum Gasteiger partial charge on any atom is 0.293 e. The van der Waals surface area contributed by atoms with E-state index in [1.54, 1.807) is 4.90 Å². The van der Waals surface area contributed by atoms with Crippen molar-refractivity contribution >= 4 is 32.8 Å². The van der Waals surface area contributed by atoms with E-state index >= 15 is 0 Å². The molecule has 0 atom stereocenters. The van der Waals surface area contributed by atoms with Gasteiger partial charge in [-0.1, -0.05) is 0 Å². The number of nitro benzene ring substituents is 1. The van der Waals surface area contributed by atoms with Crippen molar-refractivity contribution < 1.29 is 13.3 Å². The third kappa shape index (κ3) is 3.36. The Morgan fingerprint density at radius 3 is 2.32 bits per heavy atom. The summed E-state index contributed by atoms with van der Waals surface area (Å²) in [5, 5.41) is 10.5. The topological polar surface area (TPSA) is 80.5 Å². The molecule has 0 aromatic heterocycles. The van der Waals surface area contributed by atoms with Crippen molar-refractivity contribution in [2.24, 2.45) is 0 Å². The lowest BCUT2D eigenvalue weighted by molar-refractivity contribution is -0.384. The third-order valence-electron chi connectivity index (χ3n) is 2.75. The maximum absolute atomic E-state index is 11.6. The van der Waals surface area contributed by atoms with Crippen LogP contribution >= 0.6 is 11.6 Å². The number of rotatable bonds is 6. The highest BCUT2D eigenvalue weighted by Gasteiger charge is 2.22. The summed E-state index contributed by atoms with van der Waals surface area (Å²) in [7, 11) is -3.67. The number of nitro groups is 1. The summed E-state index contributed by atoms with van der Waals surface area (Å²) in [6, 6.07) is 3.86. The van der Waals surface area contributed by atoms with E-state index in [-0.39, 0.29) is 10.6 Å². The van der Waals surface area contributed by atoms with Crippen LogP contribution in [0.1, 0.15) is 13.8 Å². The van der Waals surface area contributed by atoms with E-state index in [1.807, 2.05) is 13.8 Å². The van der Waals surface area contributed by atoms with Gasteiger partial charge in [-0.3, -0.25) is 10.1 Å². The second-order valence-corrected chi connectivity index (χ2v) is 6.38. The van der Waals surface area contributed by atoms with E-state index in [1.165, 1.54) is 12.1 Å². The average molecular weight is 307 g/mol. The van der Waals surface area contributed by atoms with Crippen LogP contribution in [0.25, 0.3) is 0 Å². The fraction of sp³-hybridized carbons (Fsp3) is 0.455. The largest absolute Gasteiger partial charge is 0.367 e. The highest BCUT2D eigenvalue weighted by molar-refractivity contribution is 7.92. The molecule has 0 bridgehead atoms. The van der Waals surface area contributed by atoms with Crippen molar-refractivity contribution in [2.75, 3.05) is 23.2 Å². The lowest BCUT2D eigenvalue weighted by atomic mass is 10.2. The van der Waals surface area contributed by atoms with Crippen molar-refractivity contribution in [1.29, 1.82) is 0 Å². The van der Waals surface area contributed by atoms with Crippen LogP contribution in [0.15, 0.2) is 23.1 Å². The van der Waals surface area contributed by atoms with Gasteiger partial charge in [0.2, 0.25) is 0 Å². The SMILES string of the molecule is CCN(CC)c1ccc(S(=O)(=O)CCl)cc1[N+](=O)[O-]. The van der Waals surface area contributed by atoms with Gasteiger partial charge in [-0.15, -0.1) is 11.6 Å². The van der Waals surface area contributed by atoms with Gasteiger partial charge in [0, 0.05) is 19.2 Å². The number of hydrogen-bond donors (Lipinski definition) is 0. The summed E-state index contributed by atoms with van der Waals surface area (Å²) in [5.41, 5.74) is 0.179. The van der Waals surface area contributed by atoms with E-state index in [4.69, 9.17) is 11.6 Å². The van der Waals surface area contributed by atoms with E-state index < -0.39 is 20.0 Å². The van der Waals surface area contributed by atoms with Crippen LogP contribution in [-0.4, -0.2) is 31.6 Å². The number of sulfone groups is 1. The van der Waals surface area contributed by atoms with Crippen LogP contribution in [0.5, 0.6) is 0 Å². The quantitative estimate of drug-likeness (QED) is 0.458. The predicted molar refractivity (Wildman–Crippen MR) is 74.6 cm³/mol. The van der Waals surface area contributed by atoms with E-state index in [2.05, 4.69) is 0 Å². The molecule has 0 aliphatic heterocycles. The summed E-state index contributed by atoms with van der Waals surface area (Å²) in [6.07, 6.45) is 0. The molecule has 0 amide bonds. The van der Waals surface area contributed by atoms with E-state index in [0.717, 1.165) is 6.07 Å². The minimum absolute atomic E-state index is 0.134. The van der Waals surface area contributed by atoms with Crippen LogP contribution in [0.3, 0.4) is 0 Å². The summed E-state index contributed by atoms with van der Waals surface area (Å²) in [6.45, 7) is 4.94. The molecule has 8 heteroatoms. The van der Waals surface area contributed by atoms with E-state index in [9.17, 15) is 18.5 Å². The van der Waals surface area contributed by atoms with Crippen LogP contribution in [0, 0.1) is 10.1 Å². The minimum atomic E-state index is -3.67. The molecule has 0 spiro atoms. The molecular formula is C11H15ClN2O4S. The zero-order chi connectivity index (χ0) is 14.6. The van der Waals surface area contributed by atoms with Gasteiger partial charge in [0.1, 0.15) is 10.9 Å². The monoisotopic (exact) mass is 306 g/mol. The fourth-order valence-corrected chi connectivity index (χ4v) is 2.81. The standard InChI is InChI=1S/C11H15ClN2O4S/c1-3-13(4-2)10-6-5-9(19(17,18)8-12)7-11(10)14(15)16/h5-7H,3-4,8H2,1-2H3. The number of nitrogens with zero attached hydrogens (tertiary/aromatic N) is 2. The minimum Gasteiger partial charge on any atom is -0.367 e. The van der Waals surface area contributed by atoms with Crippen molar-refractivity contribution in [3.8, 4) is 0 Å². The Kier molecular flexibility index (Phi) is 5.13. The van der Waals surface area contributed by atoms with Gasteiger partial charge in [0.25, 0.3) is 5.69 Å². The molecule has 1 aromatic carbocycles. The Balaban J connectivity index is 3.42. The molecule has 106 valence electrons. The first-order valence-electron chi connectivity index (χ1n) is 5.69. The Labute approximate surface area is 117 Å². The van der Waals surface area contributed by atoms with Crippen molar-refractivity contribution in [1.82, 2.24) is 0 Å². The number of benzene rings is 1. The predicted octanol–water partition coefficient (Wildman–Crippen LogP) is 2.41. The molecule has 1 aromatic rings. The Hall–Kier alpha value is -1.34. The first kappa shape index (κ1) is 15.7. The highest BCUT2D eigenvalue weighted by atomic mass is 35.5. The number of halogens is 1. The smallest absolute Gasteiger partial charge is 0.293 e. The van der Waals surface area contributed by atoms with Crippen LogP contribution in [0.2, 0.25) is 0 Å². The van der Waals surface area contributed by atoms with Crippen LogP contribution in [-0.2, 0) is 9.84 Å². The summed E-state index contributed by atoms with van der Waals surface area (Å²) in [5.74, 6) is 0. The van der Waals surface area contributed by atoms with Crippen molar-refractivity contribution in [3.05, 3.63) is 28.3 Å². The molecule has 0 aliphatic carbocycles. The van der Waals surface area contributed by atoms with Crippen molar-refractivity contribution in [3.63, 3.8) is 0 Å². The first-order valence-corrected chi connectivity index (χ1v) is 7.88.